The first kappa shape index (κ1) is 24.4. The molecule has 1 aromatic heterocycles. The lowest BCUT2D eigenvalue weighted by Gasteiger charge is -2.30. The van der Waals surface area contributed by atoms with E-state index in [1.807, 2.05) is 6.92 Å². The van der Waals surface area contributed by atoms with Crippen molar-refractivity contribution in [1.29, 1.82) is 0 Å². The Kier molecular flexibility index (Phi) is 8.26. The Hall–Kier alpha value is -2.82. The summed E-state index contributed by atoms with van der Waals surface area (Å²) < 4.78 is 60.7. The number of alkyl halides is 3. The summed E-state index contributed by atoms with van der Waals surface area (Å²) in [6, 6.07) is 5.69. The van der Waals surface area contributed by atoms with Crippen LogP contribution in [0.25, 0.3) is 0 Å². The second-order valence-corrected chi connectivity index (χ2v) is 7.00. The Morgan fingerprint density at radius 2 is 2.06 bits per heavy atom. The molecule has 0 saturated carbocycles. The zero-order chi connectivity index (χ0) is 23.1. The number of nitrogens with zero attached hydrogens (tertiary/aromatic N) is 3. The monoisotopic (exact) mass is 445 g/mol. The predicted molar refractivity (Wildman–Crippen MR) is 108 cm³/mol. The molecule has 0 aliphatic heterocycles. The first-order chi connectivity index (χ1) is 14.6. The molecule has 2 unspecified atom stereocenters. The fourth-order valence-electron chi connectivity index (χ4n) is 2.88. The van der Waals surface area contributed by atoms with Crippen LogP contribution in [0, 0.1) is 5.82 Å². The highest BCUT2D eigenvalue weighted by atomic mass is 19.4. The van der Waals surface area contributed by atoms with Gasteiger partial charge >= 0.3 is 6.18 Å². The van der Waals surface area contributed by atoms with Gasteiger partial charge < -0.3 is 25.0 Å². The van der Waals surface area contributed by atoms with Crippen molar-refractivity contribution in [2.24, 2.45) is 12.0 Å². The van der Waals surface area contributed by atoms with Gasteiger partial charge in [0.1, 0.15) is 23.5 Å². The quantitative estimate of drug-likeness (QED) is 0.314. The highest BCUT2D eigenvalue weighted by Gasteiger charge is 2.57. The van der Waals surface area contributed by atoms with E-state index < -0.39 is 35.9 Å². The fourth-order valence-corrected chi connectivity index (χ4v) is 2.88. The van der Waals surface area contributed by atoms with Crippen LogP contribution >= 0.6 is 0 Å². The molecule has 7 nitrogen and oxygen atoms in total. The number of rotatable bonds is 9. The van der Waals surface area contributed by atoms with Crippen molar-refractivity contribution in [3.63, 3.8) is 0 Å². The fraction of sp³-hybridized carbons (Fsp3) is 0.500. The third-order valence-electron chi connectivity index (χ3n) is 4.42. The molecule has 3 N–H and O–H groups in total. The molecule has 0 saturated heterocycles. The minimum Gasteiger partial charge on any atom is -0.489 e. The highest BCUT2D eigenvalue weighted by molar-refractivity contribution is 5.79. The molecule has 2 aromatic rings. The molecule has 31 heavy (non-hydrogen) atoms. The minimum absolute atomic E-state index is 0.175. The van der Waals surface area contributed by atoms with E-state index >= 15 is 0 Å². The summed E-state index contributed by atoms with van der Waals surface area (Å²) in [6.45, 7) is 3.99. The van der Waals surface area contributed by atoms with Crippen molar-refractivity contribution in [3.05, 3.63) is 48.3 Å². The summed E-state index contributed by atoms with van der Waals surface area (Å²) in [5, 5.41) is 16.1. The molecule has 172 valence electrons. The predicted octanol–water partition coefficient (Wildman–Crippen LogP) is 2.72. The molecule has 0 amide bonds. The molecular weight excluding hydrogens is 418 g/mol. The zero-order valence-corrected chi connectivity index (χ0v) is 17.6. The maximum absolute atomic E-state index is 13.6. The van der Waals surface area contributed by atoms with Crippen LogP contribution in [0.4, 0.5) is 17.6 Å². The van der Waals surface area contributed by atoms with Gasteiger partial charge in [-0.25, -0.2) is 14.4 Å². The Balaban J connectivity index is 1.99. The van der Waals surface area contributed by atoms with Crippen LogP contribution in [0.5, 0.6) is 5.75 Å². The molecule has 1 aromatic carbocycles. The number of nitrogens with one attached hydrogen (secondary N) is 2. The molecule has 0 fully saturated rings. The summed E-state index contributed by atoms with van der Waals surface area (Å²) in [5.74, 6) is -0.290. The molecule has 0 bridgehead atoms. The van der Waals surface area contributed by atoms with Crippen molar-refractivity contribution in [3.8, 4) is 5.75 Å². The van der Waals surface area contributed by atoms with Gasteiger partial charge in [0.25, 0.3) is 0 Å². The summed E-state index contributed by atoms with van der Waals surface area (Å²) in [7, 11) is 1.39. The van der Waals surface area contributed by atoms with Gasteiger partial charge in [-0.1, -0.05) is 6.07 Å². The smallest absolute Gasteiger partial charge is 0.424 e. The SMILES string of the molecule is CCNC(=NCC(C)Oc1cccc(F)c1)NCCC(O)(c1nccn1C)C(F)(F)F. The lowest BCUT2D eigenvalue weighted by molar-refractivity contribution is -0.272. The molecule has 0 aliphatic rings. The number of hydrogen-bond acceptors (Lipinski definition) is 4. The third-order valence-corrected chi connectivity index (χ3v) is 4.42. The van der Waals surface area contributed by atoms with Gasteiger partial charge in [-0.15, -0.1) is 0 Å². The van der Waals surface area contributed by atoms with Crippen LogP contribution in [0.2, 0.25) is 0 Å². The van der Waals surface area contributed by atoms with E-state index in [1.54, 1.807) is 13.0 Å². The number of guanidine groups is 1. The van der Waals surface area contributed by atoms with Gasteiger partial charge in [0.15, 0.2) is 5.96 Å². The first-order valence-corrected chi connectivity index (χ1v) is 9.78. The number of aliphatic hydroxyl groups is 1. The van der Waals surface area contributed by atoms with E-state index in [1.165, 1.54) is 37.6 Å². The van der Waals surface area contributed by atoms with Gasteiger partial charge in [0.2, 0.25) is 5.60 Å². The summed E-state index contributed by atoms with van der Waals surface area (Å²) in [4.78, 5) is 7.96. The van der Waals surface area contributed by atoms with Crippen LogP contribution in [-0.4, -0.2) is 52.5 Å². The second kappa shape index (κ2) is 10.5. The number of aromatic nitrogens is 2. The molecule has 0 spiro atoms. The van der Waals surface area contributed by atoms with Gasteiger partial charge in [0, 0.05) is 45.0 Å². The Labute approximate surface area is 178 Å². The van der Waals surface area contributed by atoms with E-state index in [9.17, 15) is 22.7 Å². The van der Waals surface area contributed by atoms with Crippen LogP contribution < -0.4 is 15.4 Å². The molecular formula is C20H27F4N5O2. The average Bonchev–Trinajstić information content (AvgIpc) is 3.11. The highest BCUT2D eigenvalue weighted by Crippen LogP contribution is 2.40. The number of benzene rings is 1. The topological polar surface area (TPSA) is 83.7 Å². The number of aliphatic imine (C=N–C) groups is 1. The van der Waals surface area contributed by atoms with Crippen molar-refractivity contribution in [2.45, 2.75) is 38.1 Å². The van der Waals surface area contributed by atoms with Gasteiger partial charge in [0.05, 0.1) is 6.54 Å². The van der Waals surface area contributed by atoms with Crippen LogP contribution in [-0.2, 0) is 12.6 Å². The van der Waals surface area contributed by atoms with Crippen molar-refractivity contribution < 1.29 is 27.4 Å². The van der Waals surface area contributed by atoms with E-state index in [0.717, 1.165) is 4.57 Å². The van der Waals surface area contributed by atoms with E-state index in [0.29, 0.717) is 12.3 Å². The third kappa shape index (κ3) is 6.58. The number of imidazole rings is 1. The number of ether oxygens (including phenoxy) is 1. The number of hydrogen-bond donors (Lipinski definition) is 3. The molecule has 1 heterocycles. The summed E-state index contributed by atoms with van der Waals surface area (Å²) in [6.07, 6.45) is -3.44. The average molecular weight is 445 g/mol. The largest absolute Gasteiger partial charge is 0.489 e. The molecule has 2 atom stereocenters. The molecule has 0 radical (unpaired) electrons. The first-order valence-electron chi connectivity index (χ1n) is 9.78. The Morgan fingerprint density at radius 1 is 1.32 bits per heavy atom. The number of halogens is 4. The van der Waals surface area contributed by atoms with E-state index in [2.05, 4.69) is 20.6 Å². The summed E-state index contributed by atoms with van der Waals surface area (Å²) >= 11 is 0. The zero-order valence-electron chi connectivity index (χ0n) is 17.6. The van der Waals surface area contributed by atoms with Crippen LogP contribution in [0.15, 0.2) is 41.7 Å². The molecule has 11 heteroatoms. The standard InChI is InChI=1S/C20H27F4N5O2/c1-4-25-18(28-13-14(2)31-16-7-5-6-15(21)12-16)27-9-8-19(30,20(22,23)24)17-26-10-11-29(17)3/h5-7,10-12,14,30H,4,8-9,13H2,1-3H3,(H2,25,27,28). The van der Waals surface area contributed by atoms with Crippen molar-refractivity contribution in [2.75, 3.05) is 19.6 Å². The van der Waals surface area contributed by atoms with Crippen molar-refractivity contribution >= 4 is 5.96 Å². The van der Waals surface area contributed by atoms with Gasteiger partial charge in [-0.05, 0) is 26.0 Å². The second-order valence-electron chi connectivity index (χ2n) is 7.00. The van der Waals surface area contributed by atoms with Gasteiger partial charge in [-0.2, -0.15) is 13.2 Å². The maximum Gasteiger partial charge on any atom is 0.424 e. The summed E-state index contributed by atoms with van der Waals surface area (Å²) in [5.41, 5.74) is -3.11. The van der Waals surface area contributed by atoms with E-state index in [-0.39, 0.29) is 19.0 Å². The maximum atomic E-state index is 13.6. The molecule has 0 aliphatic carbocycles. The van der Waals surface area contributed by atoms with Crippen molar-refractivity contribution in [1.82, 2.24) is 20.2 Å². The Bertz CT molecular complexity index is 871. The van der Waals surface area contributed by atoms with Gasteiger partial charge in [-0.3, -0.25) is 0 Å². The normalized spacial score (nSPS) is 15.3. The van der Waals surface area contributed by atoms with Crippen LogP contribution in [0.3, 0.4) is 0 Å². The number of aryl methyl sites for hydroxylation is 1. The van der Waals surface area contributed by atoms with E-state index in [4.69, 9.17) is 4.74 Å². The lowest BCUT2D eigenvalue weighted by atomic mass is 9.97. The minimum atomic E-state index is -4.91. The lowest BCUT2D eigenvalue weighted by Crippen LogP contribution is -2.48. The Morgan fingerprint density at radius 3 is 2.65 bits per heavy atom. The molecule has 2 rings (SSSR count). The van der Waals surface area contributed by atoms with Crippen LogP contribution in [0.1, 0.15) is 26.1 Å².